The molecule has 1 aromatic carbocycles. The minimum atomic E-state index is -0.270. The first-order valence-electron chi connectivity index (χ1n) is 5.89. The lowest BCUT2D eigenvalue weighted by atomic mass is 10.1. The second-order valence-electron chi connectivity index (χ2n) is 4.10. The Morgan fingerprint density at radius 1 is 1.26 bits per heavy atom. The number of fused-ring (bicyclic) bond motifs is 1. The molecule has 0 radical (unpaired) electrons. The predicted octanol–water partition coefficient (Wildman–Crippen LogP) is 2.25. The molecule has 0 spiro atoms. The highest BCUT2D eigenvalue weighted by molar-refractivity contribution is 6.32. The third-order valence-corrected chi connectivity index (χ3v) is 3.06. The van der Waals surface area contributed by atoms with Crippen LogP contribution >= 0.6 is 11.6 Å². The molecule has 1 aliphatic heterocycles. The van der Waals surface area contributed by atoms with Crippen LogP contribution < -0.4 is 15.0 Å². The van der Waals surface area contributed by atoms with Crippen LogP contribution in [0.2, 0.25) is 5.02 Å². The van der Waals surface area contributed by atoms with Gasteiger partial charge in [0, 0.05) is 24.4 Å². The predicted molar refractivity (Wildman–Crippen MR) is 70.9 cm³/mol. The van der Waals surface area contributed by atoms with Gasteiger partial charge in [0.1, 0.15) is 5.69 Å². The number of rotatable bonds is 1. The van der Waals surface area contributed by atoms with Crippen molar-refractivity contribution >= 4 is 11.6 Å². The van der Waals surface area contributed by atoms with Crippen LogP contribution in [0, 0.1) is 0 Å². The number of ether oxygens (including phenoxy) is 2. The number of aromatic nitrogens is 2. The van der Waals surface area contributed by atoms with Crippen LogP contribution in [-0.2, 0) is 0 Å². The monoisotopic (exact) mass is 278 g/mol. The molecule has 2 heterocycles. The van der Waals surface area contributed by atoms with E-state index in [9.17, 15) is 4.79 Å². The summed E-state index contributed by atoms with van der Waals surface area (Å²) < 4.78 is 11.1. The molecule has 1 N–H and O–H groups in total. The molecule has 2 aromatic rings. The Morgan fingerprint density at radius 3 is 2.95 bits per heavy atom. The molecular weight excluding hydrogens is 268 g/mol. The SMILES string of the molecule is O=c1[nH]ccnc1-c1cc(Cl)c2c(c1)OCCCO2. The summed E-state index contributed by atoms with van der Waals surface area (Å²) in [6.45, 7) is 1.13. The Kier molecular flexibility index (Phi) is 3.13. The van der Waals surface area contributed by atoms with Crippen molar-refractivity contribution in [2.75, 3.05) is 13.2 Å². The van der Waals surface area contributed by atoms with Crippen LogP contribution in [0.15, 0.2) is 29.3 Å². The quantitative estimate of drug-likeness (QED) is 0.869. The van der Waals surface area contributed by atoms with Gasteiger partial charge in [-0.25, -0.2) is 4.98 Å². The second-order valence-corrected chi connectivity index (χ2v) is 4.51. The fraction of sp³-hybridized carbons (Fsp3) is 0.231. The van der Waals surface area contributed by atoms with E-state index >= 15 is 0 Å². The summed E-state index contributed by atoms with van der Waals surface area (Å²) in [5.41, 5.74) is 0.643. The van der Waals surface area contributed by atoms with E-state index in [0.717, 1.165) is 6.42 Å². The summed E-state index contributed by atoms with van der Waals surface area (Å²) in [7, 11) is 0. The zero-order chi connectivity index (χ0) is 13.2. The maximum atomic E-state index is 11.7. The van der Waals surface area contributed by atoms with Crippen molar-refractivity contribution in [3.05, 3.63) is 39.9 Å². The molecular formula is C13H11ClN2O3. The fourth-order valence-electron chi connectivity index (χ4n) is 1.92. The zero-order valence-electron chi connectivity index (χ0n) is 9.98. The number of benzene rings is 1. The van der Waals surface area contributed by atoms with Crippen LogP contribution in [0.3, 0.4) is 0 Å². The molecule has 0 amide bonds. The topological polar surface area (TPSA) is 64.2 Å². The van der Waals surface area contributed by atoms with E-state index in [1.807, 2.05) is 0 Å². The summed E-state index contributed by atoms with van der Waals surface area (Å²) in [4.78, 5) is 18.4. The third kappa shape index (κ3) is 2.29. The van der Waals surface area contributed by atoms with Crippen molar-refractivity contribution in [2.45, 2.75) is 6.42 Å². The molecule has 6 heteroatoms. The molecule has 0 saturated carbocycles. The molecule has 1 aliphatic rings. The maximum absolute atomic E-state index is 11.7. The molecule has 19 heavy (non-hydrogen) atoms. The Labute approximate surface area is 114 Å². The first-order chi connectivity index (χ1) is 9.25. The van der Waals surface area contributed by atoms with Crippen molar-refractivity contribution in [3.63, 3.8) is 0 Å². The zero-order valence-corrected chi connectivity index (χ0v) is 10.7. The average molecular weight is 279 g/mol. The smallest absolute Gasteiger partial charge is 0.274 e. The van der Waals surface area contributed by atoms with Gasteiger partial charge in [0.15, 0.2) is 11.5 Å². The van der Waals surface area contributed by atoms with Gasteiger partial charge in [0.25, 0.3) is 5.56 Å². The van der Waals surface area contributed by atoms with Crippen molar-refractivity contribution in [1.82, 2.24) is 9.97 Å². The van der Waals surface area contributed by atoms with Crippen molar-refractivity contribution in [1.29, 1.82) is 0 Å². The van der Waals surface area contributed by atoms with Gasteiger partial charge in [-0.1, -0.05) is 11.6 Å². The lowest BCUT2D eigenvalue weighted by molar-refractivity contribution is 0.297. The Balaban J connectivity index is 2.14. The third-order valence-electron chi connectivity index (χ3n) is 2.78. The summed E-state index contributed by atoms with van der Waals surface area (Å²) in [5.74, 6) is 1.07. The molecule has 5 nitrogen and oxygen atoms in total. The van der Waals surface area contributed by atoms with Gasteiger partial charge < -0.3 is 14.5 Å². The van der Waals surface area contributed by atoms with E-state index in [4.69, 9.17) is 21.1 Å². The van der Waals surface area contributed by atoms with Crippen LogP contribution in [0.25, 0.3) is 11.3 Å². The lowest BCUT2D eigenvalue weighted by Crippen LogP contribution is -2.09. The molecule has 0 saturated heterocycles. The van der Waals surface area contributed by atoms with Crippen LogP contribution in [0.5, 0.6) is 11.5 Å². The van der Waals surface area contributed by atoms with Crippen molar-refractivity contribution < 1.29 is 9.47 Å². The molecule has 3 rings (SSSR count). The van der Waals surface area contributed by atoms with E-state index in [2.05, 4.69) is 9.97 Å². The lowest BCUT2D eigenvalue weighted by Gasteiger charge is -2.10. The van der Waals surface area contributed by atoms with Crippen LogP contribution in [0.4, 0.5) is 0 Å². The Hall–Kier alpha value is -2.01. The van der Waals surface area contributed by atoms with Gasteiger partial charge in [-0.05, 0) is 12.1 Å². The van der Waals surface area contributed by atoms with E-state index in [0.29, 0.717) is 41.0 Å². The summed E-state index contributed by atoms with van der Waals surface area (Å²) in [6.07, 6.45) is 3.80. The van der Waals surface area contributed by atoms with E-state index < -0.39 is 0 Å². The number of hydrogen-bond acceptors (Lipinski definition) is 4. The van der Waals surface area contributed by atoms with Gasteiger partial charge in [0.05, 0.1) is 18.2 Å². The molecule has 0 fully saturated rings. The minimum Gasteiger partial charge on any atom is -0.489 e. The Bertz CT molecular complexity index is 669. The van der Waals surface area contributed by atoms with Crippen LogP contribution in [-0.4, -0.2) is 23.2 Å². The van der Waals surface area contributed by atoms with Gasteiger partial charge >= 0.3 is 0 Å². The summed E-state index contributed by atoms with van der Waals surface area (Å²) in [5, 5.41) is 0.416. The number of H-pyrrole nitrogens is 1. The molecule has 98 valence electrons. The number of nitrogens with one attached hydrogen (secondary N) is 1. The first kappa shape index (κ1) is 12.0. The highest BCUT2D eigenvalue weighted by Crippen LogP contribution is 2.39. The van der Waals surface area contributed by atoms with Crippen LogP contribution in [0.1, 0.15) is 6.42 Å². The van der Waals surface area contributed by atoms with E-state index in [1.54, 1.807) is 12.1 Å². The summed E-state index contributed by atoms with van der Waals surface area (Å²) in [6, 6.07) is 3.39. The molecule has 0 unspecified atom stereocenters. The molecule has 0 bridgehead atoms. The van der Waals surface area contributed by atoms with Gasteiger partial charge in [-0.2, -0.15) is 0 Å². The Morgan fingerprint density at radius 2 is 2.11 bits per heavy atom. The van der Waals surface area contributed by atoms with E-state index in [-0.39, 0.29) is 5.56 Å². The minimum absolute atomic E-state index is 0.270. The average Bonchev–Trinajstić information content (AvgIpc) is 2.65. The molecule has 0 aliphatic carbocycles. The second kappa shape index (κ2) is 4.93. The summed E-state index contributed by atoms with van der Waals surface area (Å²) >= 11 is 6.18. The largest absolute Gasteiger partial charge is 0.489 e. The molecule has 0 atom stereocenters. The number of nitrogens with zero attached hydrogens (tertiary/aromatic N) is 1. The maximum Gasteiger partial charge on any atom is 0.274 e. The van der Waals surface area contributed by atoms with Gasteiger partial charge in [-0.3, -0.25) is 4.79 Å². The van der Waals surface area contributed by atoms with Crippen molar-refractivity contribution in [3.8, 4) is 22.8 Å². The van der Waals surface area contributed by atoms with Gasteiger partial charge in [0.2, 0.25) is 0 Å². The first-order valence-corrected chi connectivity index (χ1v) is 6.27. The number of aromatic amines is 1. The van der Waals surface area contributed by atoms with Gasteiger partial charge in [-0.15, -0.1) is 0 Å². The van der Waals surface area contributed by atoms with E-state index in [1.165, 1.54) is 12.4 Å². The fourth-order valence-corrected chi connectivity index (χ4v) is 2.19. The number of halogens is 1. The highest BCUT2D eigenvalue weighted by atomic mass is 35.5. The normalized spacial score (nSPS) is 13.9. The molecule has 1 aromatic heterocycles. The highest BCUT2D eigenvalue weighted by Gasteiger charge is 2.17. The number of hydrogen-bond donors (Lipinski definition) is 1. The van der Waals surface area contributed by atoms with Crippen molar-refractivity contribution in [2.24, 2.45) is 0 Å². The standard InChI is InChI=1S/C13H11ClN2O3/c14-9-6-8(11-13(17)16-3-2-15-11)7-10-12(9)19-5-1-4-18-10/h2-3,6-7H,1,4-5H2,(H,16,17).